The average Bonchev–Trinajstić information content (AvgIpc) is 2.35. The van der Waals surface area contributed by atoms with Crippen molar-refractivity contribution in [1.82, 2.24) is 0 Å². The zero-order valence-electron chi connectivity index (χ0n) is 9.85. The summed E-state index contributed by atoms with van der Waals surface area (Å²) in [4.78, 5) is 12.2. The molecule has 104 valence electrons. The summed E-state index contributed by atoms with van der Waals surface area (Å²) >= 11 is 0.852. The average molecular weight is 305 g/mol. The second-order valence-corrected chi connectivity index (χ2v) is 5.10. The summed E-state index contributed by atoms with van der Waals surface area (Å²) in [6, 6.07) is 8.61. The van der Waals surface area contributed by atoms with Crippen molar-refractivity contribution < 1.29 is 26.8 Å². The minimum Gasteiger partial charge on any atom is -0.461 e. The van der Waals surface area contributed by atoms with Gasteiger partial charge in [-0.2, -0.15) is 8.42 Å². The van der Waals surface area contributed by atoms with Gasteiger partial charge < -0.3 is 4.74 Å². The zero-order chi connectivity index (χ0) is 14.3. The lowest BCUT2D eigenvalue weighted by molar-refractivity contribution is -0.134. The number of benzene rings is 1. The molecule has 0 saturated heterocycles. The lowest BCUT2D eigenvalue weighted by Crippen LogP contribution is -2.15. The number of hydrogen-bond donors (Lipinski definition) is 1. The number of esters is 1. The van der Waals surface area contributed by atoms with Gasteiger partial charge in [0.05, 0.1) is 6.61 Å². The summed E-state index contributed by atoms with van der Waals surface area (Å²) in [6.07, 6.45) is 0. The van der Waals surface area contributed by atoms with Gasteiger partial charge in [0.1, 0.15) is 0 Å². The van der Waals surface area contributed by atoms with Crippen molar-refractivity contribution in [3.63, 3.8) is 0 Å². The van der Waals surface area contributed by atoms with Crippen LogP contribution in [0.2, 0.25) is 0 Å². The van der Waals surface area contributed by atoms with Crippen LogP contribution in [0.25, 0.3) is 0 Å². The number of oxime groups is 1. The molecule has 1 aromatic carbocycles. The number of thioether (sulfide) groups is 1. The van der Waals surface area contributed by atoms with Crippen molar-refractivity contribution >= 4 is 33.2 Å². The van der Waals surface area contributed by atoms with Gasteiger partial charge in [-0.25, -0.2) is 9.08 Å². The fourth-order valence-electron chi connectivity index (χ4n) is 0.972. The quantitative estimate of drug-likeness (QED) is 0.224. The lowest BCUT2D eigenvalue weighted by Gasteiger charge is -2.04. The van der Waals surface area contributed by atoms with Crippen LogP contribution < -0.4 is 0 Å². The minimum absolute atomic E-state index is 0.0963. The van der Waals surface area contributed by atoms with Crippen LogP contribution in [0.4, 0.5) is 0 Å². The Kier molecular flexibility index (Phi) is 5.80. The van der Waals surface area contributed by atoms with E-state index in [1.54, 1.807) is 37.3 Å². The van der Waals surface area contributed by atoms with Gasteiger partial charge in [0.15, 0.2) is 0 Å². The third-order valence-electron chi connectivity index (χ3n) is 1.62. The number of carbonyl (C=O) groups excluding carboxylic acids is 1. The Morgan fingerprint density at radius 3 is 2.53 bits per heavy atom. The molecule has 1 rings (SSSR count). The SMILES string of the molecule is CCOC(=O)/C(=N/OS(=O)(=O)O)Sc1ccccc1. The Labute approximate surface area is 114 Å². The number of rotatable bonds is 4. The highest BCUT2D eigenvalue weighted by molar-refractivity contribution is 8.15. The van der Waals surface area contributed by atoms with Crippen LogP contribution in [-0.2, 0) is 24.2 Å². The molecule has 0 aliphatic rings. The number of ether oxygens (including phenoxy) is 1. The molecule has 9 heteroatoms. The number of hydrogen-bond acceptors (Lipinski definition) is 7. The van der Waals surface area contributed by atoms with Crippen LogP contribution in [-0.4, -0.2) is 30.6 Å². The second-order valence-electron chi connectivity index (χ2n) is 3.03. The molecule has 0 bridgehead atoms. The van der Waals surface area contributed by atoms with E-state index in [1.807, 2.05) is 0 Å². The van der Waals surface area contributed by atoms with E-state index in [0.717, 1.165) is 11.8 Å². The molecule has 0 aliphatic carbocycles. The predicted molar refractivity (Wildman–Crippen MR) is 69.0 cm³/mol. The molecule has 0 aliphatic heterocycles. The summed E-state index contributed by atoms with van der Waals surface area (Å²) < 4.78 is 37.8. The van der Waals surface area contributed by atoms with Gasteiger partial charge in [-0.05, 0) is 24.2 Å². The van der Waals surface area contributed by atoms with E-state index in [0.29, 0.717) is 4.90 Å². The molecular formula is C10H11NO6S2. The Hall–Kier alpha value is -1.58. The van der Waals surface area contributed by atoms with Crippen LogP contribution in [0.3, 0.4) is 0 Å². The van der Waals surface area contributed by atoms with Crippen LogP contribution >= 0.6 is 11.8 Å². The first-order valence-electron chi connectivity index (χ1n) is 5.06. The molecule has 19 heavy (non-hydrogen) atoms. The standard InChI is InChI=1S/C10H11NO6S2/c1-2-16-10(12)9(11-17-19(13,14)15)18-8-6-4-3-5-7-8/h3-7H,2H2,1H3,(H,13,14,15)/b11-9-. The zero-order valence-corrected chi connectivity index (χ0v) is 11.5. The van der Waals surface area contributed by atoms with E-state index >= 15 is 0 Å². The van der Waals surface area contributed by atoms with E-state index in [1.165, 1.54) is 0 Å². The monoisotopic (exact) mass is 305 g/mol. The molecule has 0 amide bonds. The second kappa shape index (κ2) is 7.12. The molecule has 0 heterocycles. The van der Waals surface area contributed by atoms with Crippen LogP contribution in [0.5, 0.6) is 0 Å². The molecule has 0 aromatic heterocycles. The highest BCUT2D eigenvalue weighted by Gasteiger charge is 2.17. The summed E-state index contributed by atoms with van der Waals surface area (Å²) in [5.41, 5.74) is 0. The Morgan fingerprint density at radius 1 is 1.37 bits per heavy atom. The highest BCUT2D eigenvalue weighted by Crippen LogP contribution is 2.20. The maximum Gasteiger partial charge on any atom is 0.466 e. The first kappa shape index (κ1) is 15.5. The van der Waals surface area contributed by atoms with E-state index in [4.69, 9.17) is 9.29 Å². The van der Waals surface area contributed by atoms with Gasteiger partial charge in [0.25, 0.3) is 0 Å². The minimum atomic E-state index is -4.77. The van der Waals surface area contributed by atoms with Crippen LogP contribution in [0, 0.1) is 0 Å². The first-order chi connectivity index (χ1) is 8.92. The molecule has 0 spiro atoms. The van der Waals surface area contributed by atoms with Gasteiger partial charge in [-0.1, -0.05) is 30.0 Å². The summed E-state index contributed by atoms with van der Waals surface area (Å²) in [7, 11) is -4.77. The molecular weight excluding hydrogens is 294 g/mol. The smallest absolute Gasteiger partial charge is 0.461 e. The van der Waals surface area contributed by atoms with Gasteiger partial charge in [0, 0.05) is 4.90 Å². The van der Waals surface area contributed by atoms with Crippen molar-refractivity contribution in [2.45, 2.75) is 11.8 Å². The fourth-order valence-corrected chi connectivity index (χ4v) is 1.92. The highest BCUT2D eigenvalue weighted by atomic mass is 32.3. The Balaban J connectivity index is 2.89. The lowest BCUT2D eigenvalue weighted by atomic mass is 10.4. The topological polar surface area (TPSA) is 102 Å². The molecule has 0 atom stereocenters. The van der Waals surface area contributed by atoms with Crippen molar-refractivity contribution in [2.75, 3.05) is 6.61 Å². The molecule has 0 saturated carbocycles. The van der Waals surface area contributed by atoms with E-state index < -0.39 is 16.4 Å². The van der Waals surface area contributed by atoms with Gasteiger partial charge in [-0.3, -0.25) is 4.55 Å². The molecule has 0 fully saturated rings. The summed E-state index contributed by atoms with van der Waals surface area (Å²) in [5, 5.41) is 2.73. The normalized spacial score (nSPS) is 12.0. The molecule has 0 unspecified atom stereocenters. The fraction of sp³-hybridized carbons (Fsp3) is 0.200. The molecule has 1 N–H and O–H groups in total. The van der Waals surface area contributed by atoms with Crippen molar-refractivity contribution in [3.05, 3.63) is 30.3 Å². The summed E-state index contributed by atoms with van der Waals surface area (Å²) in [6.45, 7) is 1.69. The maximum atomic E-state index is 11.5. The molecule has 0 radical (unpaired) electrons. The van der Waals surface area contributed by atoms with Gasteiger partial charge in [0.2, 0.25) is 5.04 Å². The number of nitrogens with zero attached hydrogens (tertiary/aromatic N) is 1. The van der Waals surface area contributed by atoms with Crippen molar-refractivity contribution in [3.8, 4) is 0 Å². The summed E-state index contributed by atoms with van der Waals surface area (Å²) in [5.74, 6) is -0.847. The van der Waals surface area contributed by atoms with Crippen molar-refractivity contribution in [1.29, 1.82) is 0 Å². The third-order valence-corrected chi connectivity index (χ3v) is 2.83. The third kappa shape index (κ3) is 6.22. The van der Waals surface area contributed by atoms with Crippen LogP contribution in [0.1, 0.15) is 6.92 Å². The first-order valence-corrected chi connectivity index (χ1v) is 7.24. The predicted octanol–water partition coefficient (Wildman–Crippen LogP) is 1.47. The largest absolute Gasteiger partial charge is 0.466 e. The number of carbonyl (C=O) groups is 1. The van der Waals surface area contributed by atoms with E-state index in [9.17, 15) is 13.2 Å². The van der Waals surface area contributed by atoms with Gasteiger partial charge in [-0.15, -0.1) is 0 Å². The van der Waals surface area contributed by atoms with Crippen molar-refractivity contribution in [2.24, 2.45) is 5.16 Å². The molecule has 7 nitrogen and oxygen atoms in total. The Bertz CT molecular complexity index is 555. The van der Waals surface area contributed by atoms with E-state index in [2.05, 4.69) is 9.44 Å². The van der Waals surface area contributed by atoms with Gasteiger partial charge >= 0.3 is 16.4 Å². The Morgan fingerprint density at radius 2 is 2.00 bits per heavy atom. The van der Waals surface area contributed by atoms with Crippen LogP contribution in [0.15, 0.2) is 40.4 Å². The van der Waals surface area contributed by atoms with E-state index in [-0.39, 0.29) is 11.7 Å². The maximum absolute atomic E-state index is 11.5. The molecule has 1 aromatic rings.